The fourth-order valence-electron chi connectivity index (χ4n) is 6.10. The zero-order valence-electron chi connectivity index (χ0n) is 22.9. The maximum Gasteiger partial charge on any atom is 0.0476 e. The van der Waals surface area contributed by atoms with Crippen LogP contribution in [0.15, 0.2) is 127 Å². The summed E-state index contributed by atoms with van der Waals surface area (Å²) in [5.74, 6) is 0. The van der Waals surface area contributed by atoms with Crippen molar-refractivity contribution in [3.63, 3.8) is 0 Å². The van der Waals surface area contributed by atoms with E-state index < -0.39 is 0 Å². The quantitative estimate of drug-likeness (QED) is 0.207. The molecule has 196 valence electrons. The highest BCUT2D eigenvalue weighted by molar-refractivity contribution is 7.26. The summed E-state index contributed by atoms with van der Waals surface area (Å²) < 4.78 is 5.29. The molecule has 0 aliphatic rings. The SMILES string of the molecule is Cc1cc(C)cc(-c2ccc(N(c3ccc4c(c3)sc3ccccc34)c3ccc4sc5ccccc5c4c3)cc2)c1. The van der Waals surface area contributed by atoms with Gasteiger partial charge in [-0.05, 0) is 79.6 Å². The van der Waals surface area contributed by atoms with Gasteiger partial charge in [-0.25, -0.2) is 0 Å². The molecular weight excluding hydrogens is 535 g/mol. The lowest BCUT2D eigenvalue weighted by Crippen LogP contribution is -2.09. The molecule has 2 aromatic heterocycles. The number of nitrogens with zero attached hydrogens (tertiary/aromatic N) is 1. The first kappa shape index (κ1) is 24.4. The Bertz CT molecular complexity index is 2210. The minimum atomic E-state index is 1.15. The van der Waals surface area contributed by atoms with Crippen molar-refractivity contribution in [1.82, 2.24) is 0 Å². The third-order valence-corrected chi connectivity index (χ3v) is 10.2. The summed E-state index contributed by atoms with van der Waals surface area (Å²) in [6.45, 7) is 4.34. The van der Waals surface area contributed by atoms with Crippen molar-refractivity contribution >= 4 is 80.1 Å². The molecule has 0 aliphatic heterocycles. The summed E-state index contributed by atoms with van der Waals surface area (Å²) in [6, 6.07) is 47.1. The second-order valence-corrected chi connectivity index (χ2v) is 13.0. The molecule has 0 fully saturated rings. The van der Waals surface area contributed by atoms with E-state index >= 15 is 0 Å². The predicted molar refractivity (Wildman–Crippen MR) is 182 cm³/mol. The molecular formula is C38H27NS2. The van der Waals surface area contributed by atoms with Gasteiger partial charge in [0.1, 0.15) is 0 Å². The van der Waals surface area contributed by atoms with Gasteiger partial charge in [-0.2, -0.15) is 0 Å². The van der Waals surface area contributed by atoms with E-state index in [0.717, 1.165) is 5.69 Å². The molecule has 41 heavy (non-hydrogen) atoms. The molecule has 0 radical (unpaired) electrons. The number of anilines is 3. The highest BCUT2D eigenvalue weighted by Crippen LogP contribution is 2.43. The van der Waals surface area contributed by atoms with Crippen molar-refractivity contribution in [2.45, 2.75) is 13.8 Å². The normalized spacial score (nSPS) is 11.7. The smallest absolute Gasteiger partial charge is 0.0476 e. The van der Waals surface area contributed by atoms with Crippen molar-refractivity contribution in [2.75, 3.05) is 4.90 Å². The number of fused-ring (bicyclic) bond motifs is 6. The fourth-order valence-corrected chi connectivity index (χ4v) is 8.32. The van der Waals surface area contributed by atoms with E-state index in [1.54, 1.807) is 0 Å². The molecule has 6 aromatic carbocycles. The Kier molecular flexibility index (Phi) is 5.70. The largest absolute Gasteiger partial charge is 0.310 e. The lowest BCUT2D eigenvalue weighted by Gasteiger charge is -2.26. The standard InChI is InChI=1S/C38H27NS2/c1-24-19-25(2)21-27(20-24)26-11-13-28(14-12-26)39(29-16-18-37-34(22-29)32-8-4-6-10-36(32)40-37)30-15-17-33-31-7-3-5-9-35(31)41-38(33)23-30/h3-23H,1-2H3. The van der Waals surface area contributed by atoms with Gasteiger partial charge in [0.25, 0.3) is 0 Å². The van der Waals surface area contributed by atoms with Crippen molar-refractivity contribution in [1.29, 1.82) is 0 Å². The predicted octanol–water partition coefficient (Wildman–Crippen LogP) is 12.2. The van der Waals surface area contributed by atoms with Crippen LogP contribution in [0.2, 0.25) is 0 Å². The number of rotatable bonds is 4. The van der Waals surface area contributed by atoms with Crippen molar-refractivity contribution < 1.29 is 0 Å². The van der Waals surface area contributed by atoms with E-state index in [4.69, 9.17) is 0 Å². The summed E-state index contributed by atoms with van der Waals surface area (Å²) in [7, 11) is 0. The Labute approximate surface area is 247 Å². The van der Waals surface area contributed by atoms with Crippen LogP contribution in [0.4, 0.5) is 17.1 Å². The average molecular weight is 562 g/mol. The topological polar surface area (TPSA) is 3.24 Å². The van der Waals surface area contributed by atoms with Crippen LogP contribution in [0.25, 0.3) is 51.5 Å². The van der Waals surface area contributed by atoms with Crippen LogP contribution in [-0.2, 0) is 0 Å². The summed E-state index contributed by atoms with van der Waals surface area (Å²) in [6.07, 6.45) is 0. The molecule has 0 amide bonds. The third kappa shape index (κ3) is 4.21. The van der Waals surface area contributed by atoms with Crippen LogP contribution < -0.4 is 4.90 Å². The number of aryl methyl sites for hydroxylation is 2. The summed E-state index contributed by atoms with van der Waals surface area (Å²) in [4.78, 5) is 2.40. The van der Waals surface area contributed by atoms with Crippen LogP contribution in [0.1, 0.15) is 11.1 Å². The molecule has 0 unspecified atom stereocenters. The Balaban J connectivity index is 1.31. The average Bonchev–Trinajstić information content (AvgIpc) is 3.55. The maximum absolute atomic E-state index is 2.40. The van der Waals surface area contributed by atoms with E-state index in [1.807, 2.05) is 22.7 Å². The second-order valence-electron chi connectivity index (χ2n) is 10.8. The molecule has 0 spiro atoms. The monoisotopic (exact) mass is 561 g/mol. The van der Waals surface area contributed by atoms with Gasteiger partial charge in [0.2, 0.25) is 0 Å². The molecule has 1 nitrogen and oxygen atoms in total. The third-order valence-electron chi connectivity index (χ3n) is 7.92. The van der Waals surface area contributed by atoms with Gasteiger partial charge < -0.3 is 4.90 Å². The second kappa shape index (κ2) is 9.59. The van der Waals surface area contributed by atoms with Crippen LogP contribution in [0, 0.1) is 13.8 Å². The molecule has 2 heterocycles. The first-order chi connectivity index (χ1) is 20.1. The lowest BCUT2D eigenvalue weighted by atomic mass is 10.0. The Morgan fingerprint density at radius 1 is 0.390 bits per heavy atom. The van der Waals surface area contributed by atoms with E-state index in [-0.39, 0.29) is 0 Å². The van der Waals surface area contributed by atoms with Crippen molar-refractivity contribution in [3.8, 4) is 11.1 Å². The van der Waals surface area contributed by atoms with E-state index in [2.05, 4.69) is 146 Å². The van der Waals surface area contributed by atoms with Crippen molar-refractivity contribution in [3.05, 3.63) is 139 Å². The molecule has 8 rings (SSSR count). The van der Waals surface area contributed by atoms with Crippen LogP contribution in [0.3, 0.4) is 0 Å². The highest BCUT2D eigenvalue weighted by Gasteiger charge is 2.17. The van der Waals surface area contributed by atoms with Crippen LogP contribution in [0.5, 0.6) is 0 Å². The van der Waals surface area contributed by atoms with Crippen LogP contribution >= 0.6 is 22.7 Å². The Hall–Kier alpha value is -4.44. The number of benzene rings is 6. The lowest BCUT2D eigenvalue weighted by molar-refractivity contribution is 1.30. The van der Waals surface area contributed by atoms with Crippen molar-refractivity contribution in [2.24, 2.45) is 0 Å². The first-order valence-corrected chi connectivity index (χ1v) is 15.6. The first-order valence-electron chi connectivity index (χ1n) is 13.9. The Morgan fingerprint density at radius 3 is 1.66 bits per heavy atom. The molecule has 0 saturated carbocycles. The Morgan fingerprint density at radius 2 is 0.927 bits per heavy atom. The van der Waals surface area contributed by atoms with Crippen LogP contribution in [-0.4, -0.2) is 0 Å². The molecule has 3 heteroatoms. The maximum atomic E-state index is 2.40. The number of hydrogen-bond acceptors (Lipinski definition) is 3. The molecule has 8 aromatic rings. The van der Waals surface area contributed by atoms with E-state index in [9.17, 15) is 0 Å². The summed E-state index contributed by atoms with van der Waals surface area (Å²) in [5.41, 5.74) is 8.57. The fraction of sp³-hybridized carbons (Fsp3) is 0.0526. The number of thiophene rings is 2. The molecule has 0 aliphatic carbocycles. The van der Waals surface area contributed by atoms with Gasteiger partial charge in [-0.1, -0.05) is 83.9 Å². The van der Waals surface area contributed by atoms with E-state index in [0.29, 0.717) is 0 Å². The van der Waals surface area contributed by atoms with Gasteiger partial charge in [0.05, 0.1) is 0 Å². The minimum absolute atomic E-state index is 1.15. The van der Waals surface area contributed by atoms with Gasteiger partial charge in [0, 0.05) is 57.4 Å². The van der Waals surface area contributed by atoms with Gasteiger partial charge in [0.15, 0.2) is 0 Å². The summed E-state index contributed by atoms with van der Waals surface area (Å²) >= 11 is 3.73. The van der Waals surface area contributed by atoms with Gasteiger partial charge in [-0.15, -0.1) is 22.7 Å². The zero-order valence-corrected chi connectivity index (χ0v) is 24.5. The molecule has 0 bridgehead atoms. The zero-order chi connectivity index (χ0) is 27.5. The van der Waals surface area contributed by atoms with Gasteiger partial charge in [-0.3, -0.25) is 0 Å². The molecule has 0 saturated heterocycles. The van der Waals surface area contributed by atoms with Gasteiger partial charge >= 0.3 is 0 Å². The molecule has 0 N–H and O–H groups in total. The molecule has 0 atom stereocenters. The van der Waals surface area contributed by atoms with E-state index in [1.165, 1.54) is 74.0 Å². The highest BCUT2D eigenvalue weighted by atomic mass is 32.1. The summed E-state index contributed by atoms with van der Waals surface area (Å²) in [5, 5.41) is 5.27. The minimum Gasteiger partial charge on any atom is -0.310 e. The number of hydrogen-bond donors (Lipinski definition) is 0.